The van der Waals surface area contributed by atoms with Crippen molar-refractivity contribution in [1.29, 1.82) is 0 Å². The second-order valence-electron chi connectivity index (χ2n) is 3.69. The standard InChI is InChI=1S/C10H14F3N3OS3/c1-2-4-14-7(17)6-19-9-16-15-8(20-9)18-5-3-10(11,12)13/h2-6H2,1H3,(H,14,17). The average molecular weight is 345 g/mol. The Kier molecular flexibility index (Phi) is 7.67. The topological polar surface area (TPSA) is 54.9 Å². The van der Waals surface area contributed by atoms with E-state index in [1.165, 1.54) is 23.1 Å². The summed E-state index contributed by atoms with van der Waals surface area (Å²) in [7, 11) is 0. The van der Waals surface area contributed by atoms with Crippen molar-refractivity contribution < 1.29 is 18.0 Å². The maximum atomic E-state index is 12.0. The summed E-state index contributed by atoms with van der Waals surface area (Å²) >= 11 is 3.47. The molecule has 1 N–H and O–H groups in total. The molecule has 1 aromatic heterocycles. The van der Waals surface area contributed by atoms with Gasteiger partial charge in [0.05, 0.1) is 12.2 Å². The quantitative estimate of drug-likeness (QED) is 0.733. The fourth-order valence-corrected chi connectivity index (χ4v) is 3.92. The van der Waals surface area contributed by atoms with Crippen molar-refractivity contribution in [3.8, 4) is 0 Å². The highest BCUT2D eigenvalue weighted by atomic mass is 32.2. The van der Waals surface area contributed by atoms with Crippen LogP contribution >= 0.6 is 34.9 Å². The molecule has 114 valence electrons. The van der Waals surface area contributed by atoms with Gasteiger partial charge in [0.1, 0.15) is 0 Å². The zero-order valence-electron chi connectivity index (χ0n) is 10.7. The molecule has 1 amide bonds. The van der Waals surface area contributed by atoms with Crippen molar-refractivity contribution in [3.05, 3.63) is 0 Å². The number of amides is 1. The van der Waals surface area contributed by atoms with Gasteiger partial charge in [0.25, 0.3) is 0 Å². The first-order valence-electron chi connectivity index (χ1n) is 5.83. The Hall–Kier alpha value is -0.480. The van der Waals surface area contributed by atoms with Gasteiger partial charge in [0, 0.05) is 12.3 Å². The first kappa shape index (κ1) is 17.6. The molecule has 0 atom stereocenters. The van der Waals surface area contributed by atoms with E-state index < -0.39 is 12.6 Å². The lowest BCUT2D eigenvalue weighted by Crippen LogP contribution is -2.25. The summed E-state index contributed by atoms with van der Waals surface area (Å²) < 4.78 is 37.0. The summed E-state index contributed by atoms with van der Waals surface area (Å²) in [5.74, 6) is 0.0834. The molecule has 20 heavy (non-hydrogen) atoms. The monoisotopic (exact) mass is 345 g/mol. The van der Waals surface area contributed by atoms with E-state index in [1.807, 2.05) is 6.92 Å². The molecule has 0 saturated heterocycles. The number of hydrogen-bond donors (Lipinski definition) is 1. The summed E-state index contributed by atoms with van der Waals surface area (Å²) in [5.41, 5.74) is 0. The summed E-state index contributed by atoms with van der Waals surface area (Å²) in [5, 5.41) is 10.3. The van der Waals surface area contributed by atoms with Gasteiger partial charge in [-0.2, -0.15) is 13.2 Å². The van der Waals surface area contributed by atoms with Gasteiger partial charge >= 0.3 is 6.18 Å². The predicted octanol–water partition coefficient (Wildman–Crippen LogP) is 3.20. The zero-order valence-corrected chi connectivity index (χ0v) is 13.1. The smallest absolute Gasteiger partial charge is 0.355 e. The van der Waals surface area contributed by atoms with E-state index in [0.717, 1.165) is 18.2 Å². The molecule has 0 aliphatic carbocycles. The third kappa shape index (κ3) is 7.95. The highest BCUT2D eigenvalue weighted by Gasteiger charge is 2.26. The first-order chi connectivity index (χ1) is 9.40. The van der Waals surface area contributed by atoms with Crippen LogP contribution in [0.2, 0.25) is 0 Å². The Bertz CT molecular complexity index is 425. The molecule has 0 fully saturated rings. The lowest BCUT2D eigenvalue weighted by molar-refractivity contribution is -0.129. The lowest BCUT2D eigenvalue weighted by atomic mass is 10.5. The Morgan fingerprint density at radius 2 is 1.95 bits per heavy atom. The van der Waals surface area contributed by atoms with Crippen molar-refractivity contribution in [2.45, 2.75) is 34.6 Å². The number of hydrogen-bond acceptors (Lipinski definition) is 6. The van der Waals surface area contributed by atoms with Crippen LogP contribution in [0.3, 0.4) is 0 Å². The summed E-state index contributed by atoms with van der Waals surface area (Å²) in [6, 6.07) is 0. The number of halogens is 3. The third-order valence-corrected chi connectivity index (χ3v) is 5.09. The second-order valence-corrected chi connectivity index (χ2v) is 7.23. The van der Waals surface area contributed by atoms with Crippen LogP contribution in [0.1, 0.15) is 19.8 Å². The Labute approximate surface area is 127 Å². The number of rotatable bonds is 8. The van der Waals surface area contributed by atoms with Crippen LogP contribution in [0.25, 0.3) is 0 Å². The number of carbonyl (C=O) groups is 1. The lowest BCUT2D eigenvalue weighted by Gasteiger charge is -2.03. The van der Waals surface area contributed by atoms with Crippen LogP contribution in [0, 0.1) is 0 Å². The van der Waals surface area contributed by atoms with E-state index >= 15 is 0 Å². The maximum Gasteiger partial charge on any atom is 0.389 e. The predicted molar refractivity (Wildman–Crippen MR) is 75.3 cm³/mol. The Balaban J connectivity index is 2.27. The minimum Gasteiger partial charge on any atom is -0.355 e. The van der Waals surface area contributed by atoms with Crippen molar-refractivity contribution >= 4 is 40.8 Å². The molecule has 1 aromatic rings. The normalized spacial score (nSPS) is 11.6. The highest BCUT2D eigenvalue weighted by molar-refractivity contribution is 8.03. The van der Waals surface area contributed by atoms with Crippen LogP contribution in [0.5, 0.6) is 0 Å². The van der Waals surface area contributed by atoms with E-state index in [1.54, 1.807) is 0 Å². The molecule has 0 bridgehead atoms. The maximum absolute atomic E-state index is 12.0. The van der Waals surface area contributed by atoms with Gasteiger partial charge in [0.15, 0.2) is 8.68 Å². The number of nitrogens with one attached hydrogen (secondary N) is 1. The second kappa shape index (κ2) is 8.73. The largest absolute Gasteiger partial charge is 0.389 e. The van der Waals surface area contributed by atoms with Gasteiger partial charge in [-0.05, 0) is 6.42 Å². The fourth-order valence-electron chi connectivity index (χ4n) is 1.01. The van der Waals surface area contributed by atoms with Crippen LogP contribution in [-0.2, 0) is 4.79 Å². The van der Waals surface area contributed by atoms with Gasteiger partial charge in [-0.3, -0.25) is 4.79 Å². The molecule has 0 aliphatic rings. The van der Waals surface area contributed by atoms with Gasteiger partial charge in [-0.1, -0.05) is 41.8 Å². The number of thioether (sulfide) groups is 2. The number of aromatic nitrogens is 2. The molecule has 10 heteroatoms. The molecule has 1 heterocycles. The van der Waals surface area contributed by atoms with E-state index in [-0.39, 0.29) is 17.4 Å². The molecule has 0 radical (unpaired) electrons. The summed E-state index contributed by atoms with van der Waals surface area (Å²) in [4.78, 5) is 11.4. The van der Waals surface area contributed by atoms with Crippen molar-refractivity contribution in [2.75, 3.05) is 18.1 Å². The summed E-state index contributed by atoms with van der Waals surface area (Å²) in [6.07, 6.45) is -4.12. The zero-order chi connectivity index (χ0) is 15.0. The van der Waals surface area contributed by atoms with Gasteiger partial charge in [-0.15, -0.1) is 10.2 Å². The van der Waals surface area contributed by atoms with Crippen LogP contribution in [-0.4, -0.2) is 40.3 Å². The van der Waals surface area contributed by atoms with E-state index in [2.05, 4.69) is 15.5 Å². The van der Waals surface area contributed by atoms with E-state index in [4.69, 9.17) is 0 Å². The molecule has 4 nitrogen and oxygen atoms in total. The van der Waals surface area contributed by atoms with Gasteiger partial charge < -0.3 is 5.32 Å². The number of carbonyl (C=O) groups excluding carboxylic acids is 1. The summed E-state index contributed by atoms with van der Waals surface area (Å²) in [6.45, 7) is 2.59. The third-order valence-electron chi connectivity index (χ3n) is 1.90. The van der Waals surface area contributed by atoms with Gasteiger partial charge in [-0.25, -0.2) is 0 Å². The van der Waals surface area contributed by atoms with Gasteiger partial charge in [0.2, 0.25) is 5.91 Å². The minimum absolute atomic E-state index is 0.0697. The van der Waals surface area contributed by atoms with Crippen molar-refractivity contribution in [1.82, 2.24) is 15.5 Å². The molecule has 1 rings (SSSR count). The van der Waals surface area contributed by atoms with Crippen LogP contribution in [0.4, 0.5) is 13.2 Å². The Morgan fingerprint density at radius 1 is 1.30 bits per heavy atom. The first-order valence-corrected chi connectivity index (χ1v) is 8.62. The SMILES string of the molecule is CCCNC(=O)CSc1nnc(SCCC(F)(F)F)s1. The van der Waals surface area contributed by atoms with Crippen LogP contribution in [0.15, 0.2) is 8.68 Å². The van der Waals surface area contributed by atoms with Crippen LogP contribution < -0.4 is 5.32 Å². The fraction of sp³-hybridized carbons (Fsp3) is 0.700. The number of nitrogens with zero attached hydrogens (tertiary/aromatic N) is 2. The Morgan fingerprint density at radius 3 is 2.55 bits per heavy atom. The molecular formula is C10H14F3N3OS3. The van der Waals surface area contributed by atoms with Crippen molar-refractivity contribution in [2.24, 2.45) is 0 Å². The number of alkyl halides is 3. The van der Waals surface area contributed by atoms with E-state index in [9.17, 15) is 18.0 Å². The molecule has 0 unspecified atom stereocenters. The minimum atomic E-state index is -4.15. The molecule has 0 saturated carbocycles. The molecule has 0 aliphatic heterocycles. The average Bonchev–Trinajstić information content (AvgIpc) is 2.80. The van der Waals surface area contributed by atoms with E-state index in [0.29, 0.717) is 15.2 Å². The molecular weight excluding hydrogens is 331 g/mol. The molecule has 0 aromatic carbocycles. The van der Waals surface area contributed by atoms with Crippen molar-refractivity contribution in [3.63, 3.8) is 0 Å². The molecule has 0 spiro atoms. The highest BCUT2D eigenvalue weighted by Crippen LogP contribution is 2.31.